The maximum Gasteiger partial charge on any atom is 0.301 e. The molecular weight excluding hydrogens is 582 g/mol. The van der Waals surface area contributed by atoms with Crippen molar-refractivity contribution in [2.24, 2.45) is 0 Å². The van der Waals surface area contributed by atoms with Crippen molar-refractivity contribution in [2.75, 3.05) is 4.90 Å². The molecule has 0 spiro atoms. The van der Waals surface area contributed by atoms with E-state index in [9.17, 15) is 14.7 Å². The molecule has 1 saturated heterocycles. The third-order valence-corrected chi connectivity index (χ3v) is 8.46. The fraction of sp³-hybridized carbons (Fsp3) is 0.0769. The van der Waals surface area contributed by atoms with Gasteiger partial charge in [-0.25, -0.2) is 0 Å². The molecule has 1 atom stereocenters. The number of carbonyl (C=O) groups is 2. The lowest BCUT2D eigenvalue weighted by Gasteiger charge is -2.22. The van der Waals surface area contributed by atoms with Gasteiger partial charge in [-0.1, -0.05) is 105 Å². The average Bonchev–Trinajstić information content (AvgIpc) is 3.46. The molecule has 0 bridgehead atoms. The summed E-state index contributed by atoms with van der Waals surface area (Å²) < 4.78 is 1.48. The second kappa shape index (κ2) is 10.6. The third-order valence-electron chi connectivity index (χ3n) is 5.55. The summed E-state index contributed by atoms with van der Waals surface area (Å²) in [5.74, 6) is -1.11. The fourth-order valence-electron chi connectivity index (χ4n) is 3.83. The van der Waals surface area contributed by atoms with Crippen LogP contribution in [0.15, 0.2) is 93.2 Å². The smallest absolute Gasteiger partial charge is 0.301 e. The van der Waals surface area contributed by atoms with Gasteiger partial charge in [-0.2, -0.15) is 0 Å². The monoisotopic (exact) mass is 597 g/mol. The van der Waals surface area contributed by atoms with E-state index in [0.29, 0.717) is 31.4 Å². The number of nitrogens with zero attached hydrogens (tertiary/aromatic N) is 3. The Bertz CT molecular complexity index is 1460. The summed E-state index contributed by atoms with van der Waals surface area (Å²) in [6, 6.07) is 22.7. The molecule has 1 amide bonds. The number of aliphatic hydroxyl groups is 1. The number of thioether (sulfide) groups is 1. The molecule has 1 N–H and O–H groups in total. The summed E-state index contributed by atoms with van der Waals surface area (Å²) in [6.07, 6.45) is 0. The zero-order chi connectivity index (χ0) is 25.2. The van der Waals surface area contributed by atoms with E-state index in [-0.39, 0.29) is 11.3 Å². The van der Waals surface area contributed by atoms with Gasteiger partial charge in [-0.15, -0.1) is 10.2 Å². The number of amides is 1. The number of halogens is 2. The second-order valence-corrected chi connectivity index (χ2v) is 11.4. The van der Waals surface area contributed by atoms with Crippen molar-refractivity contribution in [2.45, 2.75) is 16.1 Å². The predicted octanol–water partition coefficient (Wildman–Crippen LogP) is 6.87. The van der Waals surface area contributed by atoms with Gasteiger partial charge in [0.1, 0.15) is 5.76 Å². The number of hydrogen-bond donors (Lipinski definition) is 1. The predicted molar refractivity (Wildman–Crippen MR) is 146 cm³/mol. The highest BCUT2D eigenvalue weighted by atomic mass is 79.9. The Morgan fingerprint density at radius 2 is 1.69 bits per heavy atom. The van der Waals surface area contributed by atoms with Crippen LogP contribution in [0.3, 0.4) is 0 Å². The maximum absolute atomic E-state index is 13.3. The Morgan fingerprint density at radius 1 is 1.00 bits per heavy atom. The van der Waals surface area contributed by atoms with Crippen LogP contribution in [0.2, 0.25) is 5.02 Å². The first-order valence-corrected chi connectivity index (χ1v) is 13.7. The lowest BCUT2D eigenvalue weighted by molar-refractivity contribution is -0.132. The highest BCUT2D eigenvalue weighted by Crippen LogP contribution is 2.44. The SMILES string of the molecule is O=C1C(=O)N(c2nnc(SCc3ccc(Cl)cc3)s2)C(c2ccccc2)/C1=C(/O)c1ccc(Br)cc1. The first-order chi connectivity index (χ1) is 17.4. The minimum absolute atomic E-state index is 0.0130. The van der Waals surface area contributed by atoms with Crippen LogP contribution < -0.4 is 4.90 Å². The standard InChI is InChI=1S/C26H17BrClN3O3S2/c27-18-10-8-17(9-11-18)22(32)20-21(16-4-2-1-3-5-16)31(24(34)23(20)33)25-29-30-26(36-25)35-14-15-6-12-19(28)13-7-15/h1-13,21,32H,14H2/b22-20-. The molecule has 1 aromatic heterocycles. The molecule has 5 rings (SSSR count). The van der Waals surface area contributed by atoms with Crippen molar-refractivity contribution >= 4 is 73.2 Å². The lowest BCUT2D eigenvalue weighted by Crippen LogP contribution is -2.29. The van der Waals surface area contributed by atoms with Crippen LogP contribution in [-0.2, 0) is 15.3 Å². The van der Waals surface area contributed by atoms with E-state index < -0.39 is 17.7 Å². The number of carbonyl (C=O) groups excluding carboxylic acids is 2. The molecule has 2 heterocycles. The summed E-state index contributed by atoms with van der Waals surface area (Å²) in [5, 5.41) is 20.6. The topological polar surface area (TPSA) is 83.4 Å². The summed E-state index contributed by atoms with van der Waals surface area (Å²) in [7, 11) is 0. The zero-order valence-electron chi connectivity index (χ0n) is 18.5. The first-order valence-electron chi connectivity index (χ1n) is 10.7. The summed E-state index contributed by atoms with van der Waals surface area (Å²) in [6.45, 7) is 0. The zero-order valence-corrected chi connectivity index (χ0v) is 22.4. The van der Waals surface area contributed by atoms with Crippen LogP contribution in [0.4, 0.5) is 5.13 Å². The third kappa shape index (κ3) is 4.97. The first kappa shape index (κ1) is 24.7. The molecule has 1 aliphatic rings. The number of benzene rings is 3. The summed E-state index contributed by atoms with van der Waals surface area (Å²) >= 11 is 12.0. The van der Waals surface area contributed by atoms with Gasteiger partial charge in [0, 0.05) is 20.8 Å². The van der Waals surface area contributed by atoms with Crippen molar-refractivity contribution in [3.05, 3.63) is 111 Å². The van der Waals surface area contributed by atoms with E-state index in [1.807, 2.05) is 54.6 Å². The molecule has 0 radical (unpaired) electrons. The fourth-order valence-corrected chi connectivity index (χ4v) is 6.04. The van der Waals surface area contributed by atoms with Gasteiger partial charge in [0.05, 0.1) is 11.6 Å². The number of aliphatic hydroxyl groups excluding tert-OH is 1. The number of Topliss-reactive ketones (excluding diaryl/α,β-unsaturated/α-hetero) is 1. The Balaban J connectivity index is 1.51. The molecule has 6 nitrogen and oxygen atoms in total. The van der Waals surface area contributed by atoms with Gasteiger partial charge in [0.2, 0.25) is 5.13 Å². The average molecular weight is 599 g/mol. The number of anilines is 1. The van der Waals surface area contributed by atoms with Crippen LogP contribution in [0.5, 0.6) is 0 Å². The van der Waals surface area contributed by atoms with Crippen molar-refractivity contribution in [1.29, 1.82) is 0 Å². The van der Waals surface area contributed by atoms with Gasteiger partial charge < -0.3 is 5.11 Å². The minimum atomic E-state index is -0.836. The maximum atomic E-state index is 13.3. The van der Waals surface area contributed by atoms with E-state index in [2.05, 4.69) is 26.1 Å². The molecule has 0 saturated carbocycles. The van der Waals surface area contributed by atoms with Gasteiger partial charge in [0.25, 0.3) is 5.78 Å². The number of hydrogen-bond acceptors (Lipinski definition) is 7. The number of rotatable bonds is 6. The van der Waals surface area contributed by atoms with E-state index in [1.54, 1.807) is 24.3 Å². The van der Waals surface area contributed by atoms with Crippen LogP contribution in [-0.4, -0.2) is 27.0 Å². The van der Waals surface area contributed by atoms with Crippen LogP contribution >= 0.6 is 50.6 Å². The molecule has 36 heavy (non-hydrogen) atoms. The lowest BCUT2D eigenvalue weighted by atomic mass is 9.95. The van der Waals surface area contributed by atoms with E-state index >= 15 is 0 Å². The molecule has 0 aliphatic carbocycles. The Morgan fingerprint density at radius 3 is 2.39 bits per heavy atom. The van der Waals surface area contributed by atoms with Gasteiger partial charge >= 0.3 is 5.91 Å². The van der Waals surface area contributed by atoms with Crippen molar-refractivity contribution < 1.29 is 14.7 Å². The molecule has 4 aromatic rings. The normalized spacial score (nSPS) is 17.1. The number of aromatic nitrogens is 2. The molecule has 1 aliphatic heterocycles. The van der Waals surface area contributed by atoms with E-state index in [0.717, 1.165) is 10.0 Å². The molecule has 180 valence electrons. The van der Waals surface area contributed by atoms with Crippen LogP contribution in [0, 0.1) is 0 Å². The van der Waals surface area contributed by atoms with E-state index in [4.69, 9.17) is 11.6 Å². The van der Waals surface area contributed by atoms with Gasteiger partial charge in [-0.3, -0.25) is 14.5 Å². The molecule has 1 unspecified atom stereocenters. The Labute approximate surface area is 228 Å². The largest absolute Gasteiger partial charge is 0.507 e. The summed E-state index contributed by atoms with van der Waals surface area (Å²) in [5.41, 5.74) is 2.20. The van der Waals surface area contributed by atoms with Crippen LogP contribution in [0.25, 0.3) is 5.76 Å². The minimum Gasteiger partial charge on any atom is -0.507 e. The Hall–Kier alpha value is -2.98. The highest BCUT2D eigenvalue weighted by Gasteiger charge is 2.48. The molecule has 1 fully saturated rings. The van der Waals surface area contributed by atoms with E-state index in [1.165, 1.54) is 28.0 Å². The van der Waals surface area contributed by atoms with Gasteiger partial charge in [-0.05, 0) is 35.4 Å². The summed E-state index contributed by atoms with van der Waals surface area (Å²) in [4.78, 5) is 27.8. The Kier molecular flexibility index (Phi) is 7.25. The van der Waals surface area contributed by atoms with Gasteiger partial charge in [0.15, 0.2) is 4.34 Å². The quantitative estimate of drug-likeness (QED) is 0.0857. The molecule has 3 aromatic carbocycles. The second-order valence-electron chi connectivity index (χ2n) is 7.85. The van der Waals surface area contributed by atoms with Crippen molar-refractivity contribution in [3.8, 4) is 0 Å². The highest BCUT2D eigenvalue weighted by molar-refractivity contribution is 9.10. The molecular formula is C26H17BrClN3O3S2. The van der Waals surface area contributed by atoms with Crippen molar-refractivity contribution in [1.82, 2.24) is 10.2 Å². The number of ketones is 1. The van der Waals surface area contributed by atoms with Crippen molar-refractivity contribution in [3.63, 3.8) is 0 Å². The van der Waals surface area contributed by atoms with Crippen LogP contribution in [0.1, 0.15) is 22.7 Å². The molecule has 10 heteroatoms.